The fourth-order valence-corrected chi connectivity index (χ4v) is 4.86. The highest BCUT2D eigenvalue weighted by Gasteiger charge is 2.35. The number of urea groups is 1. The number of aromatic nitrogens is 1. The van der Waals surface area contributed by atoms with Crippen LogP contribution in [0.4, 0.5) is 10.5 Å². The topological polar surface area (TPSA) is 83.4 Å². The SMILES string of the molecule is CCc1ccccc1NC(=O)CN1C(=O)N/C(=C/c2cc(C)n(-c3cccc4ccccc34)c2C)C1=O. The van der Waals surface area contributed by atoms with E-state index in [1.54, 1.807) is 12.1 Å². The summed E-state index contributed by atoms with van der Waals surface area (Å²) in [6.45, 7) is 5.63. The molecular formula is C30H28N4O3. The molecule has 2 heterocycles. The third kappa shape index (κ3) is 4.51. The summed E-state index contributed by atoms with van der Waals surface area (Å²) in [5.74, 6) is -0.960. The van der Waals surface area contributed by atoms with Crippen LogP contribution in [0.2, 0.25) is 0 Å². The van der Waals surface area contributed by atoms with Crippen molar-refractivity contribution < 1.29 is 14.4 Å². The molecule has 4 aromatic rings. The van der Waals surface area contributed by atoms with Gasteiger partial charge < -0.3 is 15.2 Å². The first kappa shape index (κ1) is 24.1. The van der Waals surface area contributed by atoms with Gasteiger partial charge in [0.05, 0.1) is 5.69 Å². The molecule has 1 aromatic heterocycles. The predicted molar refractivity (Wildman–Crippen MR) is 145 cm³/mol. The number of fused-ring (bicyclic) bond motifs is 1. The number of hydrogen-bond acceptors (Lipinski definition) is 3. The van der Waals surface area contributed by atoms with E-state index in [9.17, 15) is 14.4 Å². The Balaban J connectivity index is 1.39. The first-order chi connectivity index (χ1) is 17.9. The van der Waals surface area contributed by atoms with Gasteiger partial charge in [-0.3, -0.25) is 9.59 Å². The lowest BCUT2D eigenvalue weighted by Crippen LogP contribution is -2.38. The van der Waals surface area contributed by atoms with Crippen molar-refractivity contribution in [3.05, 3.63) is 101 Å². The Morgan fingerprint density at radius 2 is 1.70 bits per heavy atom. The molecule has 1 aliphatic heterocycles. The number of para-hydroxylation sites is 1. The quantitative estimate of drug-likeness (QED) is 0.281. The summed E-state index contributed by atoms with van der Waals surface area (Å²) in [6.07, 6.45) is 2.43. The number of rotatable bonds is 6. The van der Waals surface area contributed by atoms with Gasteiger partial charge in [-0.05, 0) is 61.1 Å². The van der Waals surface area contributed by atoms with E-state index < -0.39 is 17.8 Å². The molecule has 0 unspecified atom stereocenters. The highest BCUT2D eigenvalue weighted by atomic mass is 16.2. The van der Waals surface area contributed by atoms with Crippen LogP contribution in [-0.4, -0.2) is 33.9 Å². The zero-order chi connectivity index (χ0) is 26.1. The van der Waals surface area contributed by atoms with Crippen molar-refractivity contribution in [3.8, 4) is 5.69 Å². The molecule has 37 heavy (non-hydrogen) atoms. The Morgan fingerprint density at radius 1 is 0.973 bits per heavy atom. The number of nitrogens with one attached hydrogen (secondary N) is 2. The van der Waals surface area contributed by atoms with Crippen molar-refractivity contribution in [2.75, 3.05) is 11.9 Å². The average molecular weight is 493 g/mol. The van der Waals surface area contributed by atoms with Crippen molar-refractivity contribution in [2.24, 2.45) is 0 Å². The van der Waals surface area contributed by atoms with Gasteiger partial charge in [0.25, 0.3) is 5.91 Å². The van der Waals surface area contributed by atoms with Gasteiger partial charge >= 0.3 is 6.03 Å². The largest absolute Gasteiger partial charge is 0.329 e. The van der Waals surface area contributed by atoms with Crippen molar-refractivity contribution in [1.29, 1.82) is 0 Å². The van der Waals surface area contributed by atoms with Gasteiger partial charge in [-0.2, -0.15) is 0 Å². The third-order valence-electron chi connectivity index (χ3n) is 6.71. The van der Waals surface area contributed by atoms with Gasteiger partial charge in [0.15, 0.2) is 0 Å². The van der Waals surface area contributed by atoms with Crippen LogP contribution in [0.1, 0.15) is 29.4 Å². The molecule has 3 aromatic carbocycles. The van der Waals surface area contributed by atoms with Crippen LogP contribution < -0.4 is 10.6 Å². The van der Waals surface area contributed by atoms with Gasteiger partial charge in [-0.15, -0.1) is 0 Å². The second-order valence-corrected chi connectivity index (χ2v) is 9.10. The maximum absolute atomic E-state index is 13.1. The molecule has 0 saturated carbocycles. The lowest BCUT2D eigenvalue weighted by Gasteiger charge is -2.13. The molecule has 1 saturated heterocycles. The molecule has 1 fully saturated rings. The summed E-state index contributed by atoms with van der Waals surface area (Å²) >= 11 is 0. The number of hydrogen-bond donors (Lipinski definition) is 2. The molecule has 0 bridgehead atoms. The number of benzene rings is 3. The van der Waals surface area contributed by atoms with Crippen LogP contribution in [0.15, 0.2) is 78.5 Å². The van der Waals surface area contributed by atoms with Crippen molar-refractivity contribution in [2.45, 2.75) is 27.2 Å². The van der Waals surface area contributed by atoms with E-state index >= 15 is 0 Å². The zero-order valence-corrected chi connectivity index (χ0v) is 21.0. The minimum absolute atomic E-state index is 0.143. The number of carbonyl (C=O) groups excluding carboxylic acids is 3. The van der Waals surface area contributed by atoms with E-state index in [-0.39, 0.29) is 12.2 Å². The second kappa shape index (κ2) is 9.78. The average Bonchev–Trinajstić information content (AvgIpc) is 3.32. The molecule has 0 spiro atoms. The molecule has 5 rings (SSSR count). The Kier molecular flexibility index (Phi) is 6.36. The van der Waals surface area contributed by atoms with E-state index in [2.05, 4.69) is 39.5 Å². The van der Waals surface area contributed by atoms with Crippen LogP contribution in [0.5, 0.6) is 0 Å². The van der Waals surface area contributed by atoms with Gasteiger partial charge in [-0.25, -0.2) is 9.69 Å². The van der Waals surface area contributed by atoms with Crippen LogP contribution in [0, 0.1) is 13.8 Å². The van der Waals surface area contributed by atoms with Crippen LogP contribution in [0.3, 0.4) is 0 Å². The molecule has 0 atom stereocenters. The Bertz CT molecular complexity index is 1580. The van der Waals surface area contributed by atoms with Gasteiger partial charge in [-0.1, -0.05) is 61.5 Å². The molecule has 0 aliphatic carbocycles. The normalized spacial score (nSPS) is 14.5. The van der Waals surface area contributed by atoms with Crippen molar-refractivity contribution in [3.63, 3.8) is 0 Å². The molecule has 0 radical (unpaired) electrons. The number of carbonyl (C=O) groups is 3. The van der Waals surface area contributed by atoms with Crippen LogP contribution in [-0.2, 0) is 16.0 Å². The number of anilines is 1. The number of amides is 4. The first-order valence-corrected chi connectivity index (χ1v) is 12.3. The Morgan fingerprint density at radius 3 is 2.51 bits per heavy atom. The maximum atomic E-state index is 13.1. The standard InChI is InChI=1S/C30H28N4O3/c1-4-21-10-6-8-14-25(21)31-28(35)18-33-29(36)26(32-30(33)37)17-23-16-19(2)34(20(23)3)27-15-9-12-22-11-5-7-13-24(22)27/h5-17H,4,18H2,1-3H3,(H,31,35)(H,32,37)/b26-17+. The minimum Gasteiger partial charge on any atom is -0.324 e. The van der Waals surface area contributed by atoms with E-state index in [0.29, 0.717) is 5.69 Å². The molecule has 7 heteroatoms. The fourth-order valence-electron chi connectivity index (χ4n) is 4.86. The smallest absolute Gasteiger partial charge is 0.324 e. The zero-order valence-electron chi connectivity index (χ0n) is 21.0. The summed E-state index contributed by atoms with van der Waals surface area (Å²) < 4.78 is 2.15. The lowest BCUT2D eigenvalue weighted by atomic mass is 10.1. The third-order valence-corrected chi connectivity index (χ3v) is 6.71. The Hall–Kier alpha value is -4.65. The second-order valence-electron chi connectivity index (χ2n) is 9.10. The highest BCUT2D eigenvalue weighted by Crippen LogP contribution is 2.28. The fraction of sp³-hybridized carbons (Fsp3) is 0.167. The summed E-state index contributed by atoms with van der Waals surface area (Å²) in [5.41, 5.74) is 5.61. The van der Waals surface area contributed by atoms with Gasteiger partial charge in [0.1, 0.15) is 12.2 Å². The van der Waals surface area contributed by atoms with Crippen LogP contribution >= 0.6 is 0 Å². The summed E-state index contributed by atoms with van der Waals surface area (Å²) in [5, 5.41) is 7.70. The van der Waals surface area contributed by atoms with Crippen LogP contribution in [0.25, 0.3) is 22.5 Å². The van der Waals surface area contributed by atoms with Gasteiger partial charge in [0.2, 0.25) is 5.91 Å². The molecule has 1 aliphatic rings. The highest BCUT2D eigenvalue weighted by molar-refractivity contribution is 6.16. The van der Waals surface area contributed by atoms with E-state index in [0.717, 1.165) is 50.3 Å². The summed E-state index contributed by atoms with van der Waals surface area (Å²) in [6, 6.07) is 23.2. The summed E-state index contributed by atoms with van der Waals surface area (Å²) in [4.78, 5) is 39.2. The Labute approximate surface area is 215 Å². The molecular weight excluding hydrogens is 464 g/mol. The molecule has 7 nitrogen and oxygen atoms in total. The molecule has 4 amide bonds. The number of imide groups is 1. The van der Waals surface area contributed by atoms with Gasteiger partial charge in [0, 0.05) is 22.5 Å². The molecule has 186 valence electrons. The van der Waals surface area contributed by atoms with Crippen molar-refractivity contribution in [1.82, 2.24) is 14.8 Å². The maximum Gasteiger partial charge on any atom is 0.329 e. The molecule has 2 N–H and O–H groups in total. The monoisotopic (exact) mass is 492 g/mol. The number of nitrogens with zero attached hydrogens (tertiary/aromatic N) is 2. The minimum atomic E-state index is -0.613. The van der Waals surface area contributed by atoms with E-state index in [1.165, 1.54) is 0 Å². The summed E-state index contributed by atoms with van der Waals surface area (Å²) in [7, 11) is 0. The predicted octanol–water partition coefficient (Wildman–Crippen LogP) is 5.34. The number of aryl methyl sites for hydroxylation is 2. The van der Waals surface area contributed by atoms with Crippen molar-refractivity contribution >= 4 is 40.4 Å². The first-order valence-electron chi connectivity index (χ1n) is 12.3. The lowest BCUT2D eigenvalue weighted by molar-refractivity contribution is -0.127. The van der Waals surface area contributed by atoms with E-state index in [1.807, 2.05) is 63.2 Å². The van der Waals surface area contributed by atoms with E-state index in [4.69, 9.17) is 0 Å².